The molecule has 1 rings (SSSR count). The number of halogens is 1. The maximum atomic E-state index is 9.48. The zero-order valence-electron chi connectivity index (χ0n) is 8.20. The molecule has 0 unspecified atom stereocenters. The fourth-order valence-corrected chi connectivity index (χ4v) is 1.42. The van der Waals surface area contributed by atoms with Crippen LogP contribution in [0.15, 0.2) is 27.7 Å². The summed E-state index contributed by atoms with van der Waals surface area (Å²) in [6, 6.07) is 5.31. The number of nitrogens with zero attached hydrogens (tertiary/aromatic N) is 1. The molecule has 0 aliphatic heterocycles. The summed E-state index contributed by atoms with van der Waals surface area (Å²) in [6.07, 6.45) is 3.95. The van der Waals surface area contributed by atoms with Gasteiger partial charge in [-0.15, -0.1) is 0 Å². The number of aromatic hydroxyl groups is 1. The SMILES string of the molecule is CCCCN=Cc1cc(Br)ccc1O. The van der Waals surface area contributed by atoms with Crippen molar-refractivity contribution in [1.82, 2.24) is 0 Å². The first kappa shape index (κ1) is 11.2. The largest absolute Gasteiger partial charge is 0.507 e. The Labute approximate surface area is 92.8 Å². The summed E-state index contributed by atoms with van der Waals surface area (Å²) in [5.41, 5.74) is 0.760. The van der Waals surface area contributed by atoms with Crippen LogP contribution in [0.4, 0.5) is 0 Å². The van der Waals surface area contributed by atoms with Gasteiger partial charge in [-0.2, -0.15) is 0 Å². The number of aliphatic imine (C=N–C) groups is 1. The van der Waals surface area contributed by atoms with Crippen molar-refractivity contribution in [2.45, 2.75) is 19.8 Å². The van der Waals surface area contributed by atoms with E-state index in [1.165, 1.54) is 0 Å². The molecule has 0 heterocycles. The predicted molar refractivity (Wildman–Crippen MR) is 63.2 cm³/mol. The van der Waals surface area contributed by atoms with Crippen molar-refractivity contribution in [3.63, 3.8) is 0 Å². The molecular formula is C11H14BrNO. The fraction of sp³-hybridized carbons (Fsp3) is 0.364. The third kappa shape index (κ3) is 3.50. The molecule has 0 aliphatic rings. The Morgan fingerprint density at radius 1 is 1.50 bits per heavy atom. The lowest BCUT2D eigenvalue weighted by Crippen LogP contribution is -1.85. The molecule has 0 radical (unpaired) electrons. The Bertz CT molecular complexity index is 323. The zero-order chi connectivity index (χ0) is 10.4. The van der Waals surface area contributed by atoms with E-state index >= 15 is 0 Å². The Morgan fingerprint density at radius 3 is 3.00 bits per heavy atom. The minimum absolute atomic E-state index is 0.272. The molecular weight excluding hydrogens is 242 g/mol. The molecule has 76 valence electrons. The van der Waals surface area contributed by atoms with Crippen molar-refractivity contribution in [3.05, 3.63) is 28.2 Å². The molecule has 0 spiro atoms. The summed E-state index contributed by atoms with van der Waals surface area (Å²) in [5.74, 6) is 0.272. The molecule has 0 atom stereocenters. The van der Waals surface area contributed by atoms with E-state index in [-0.39, 0.29) is 5.75 Å². The number of rotatable bonds is 4. The van der Waals surface area contributed by atoms with Gasteiger partial charge in [-0.25, -0.2) is 0 Å². The molecule has 0 amide bonds. The lowest BCUT2D eigenvalue weighted by atomic mass is 10.2. The summed E-state index contributed by atoms with van der Waals surface area (Å²) < 4.78 is 0.951. The van der Waals surface area contributed by atoms with Crippen LogP contribution in [0, 0.1) is 0 Å². The topological polar surface area (TPSA) is 32.6 Å². The second kappa shape index (κ2) is 5.81. The molecule has 0 bridgehead atoms. The lowest BCUT2D eigenvalue weighted by Gasteiger charge is -1.98. The van der Waals surface area contributed by atoms with E-state index in [1.807, 2.05) is 6.07 Å². The number of phenolic OH excluding ortho intramolecular Hbond substituents is 1. The van der Waals surface area contributed by atoms with Gasteiger partial charge >= 0.3 is 0 Å². The van der Waals surface area contributed by atoms with Gasteiger partial charge in [0.1, 0.15) is 5.75 Å². The molecule has 0 fully saturated rings. The second-order valence-corrected chi connectivity index (χ2v) is 4.01. The highest BCUT2D eigenvalue weighted by atomic mass is 79.9. The lowest BCUT2D eigenvalue weighted by molar-refractivity contribution is 0.474. The zero-order valence-corrected chi connectivity index (χ0v) is 9.79. The number of hydrogen-bond acceptors (Lipinski definition) is 2. The summed E-state index contributed by atoms with van der Waals surface area (Å²) >= 11 is 3.35. The summed E-state index contributed by atoms with van der Waals surface area (Å²) in [6.45, 7) is 2.95. The smallest absolute Gasteiger partial charge is 0.124 e. The molecule has 3 heteroatoms. The van der Waals surface area contributed by atoms with E-state index in [0.29, 0.717) is 0 Å². The van der Waals surface area contributed by atoms with Crippen LogP contribution in [0.2, 0.25) is 0 Å². The second-order valence-electron chi connectivity index (χ2n) is 3.09. The first-order valence-electron chi connectivity index (χ1n) is 4.72. The van der Waals surface area contributed by atoms with Gasteiger partial charge in [-0.3, -0.25) is 4.99 Å². The third-order valence-electron chi connectivity index (χ3n) is 1.86. The van der Waals surface area contributed by atoms with E-state index in [9.17, 15) is 5.11 Å². The Morgan fingerprint density at radius 2 is 2.29 bits per heavy atom. The molecule has 2 nitrogen and oxygen atoms in total. The normalized spacial score (nSPS) is 11.0. The van der Waals surface area contributed by atoms with Gasteiger partial charge in [0.25, 0.3) is 0 Å². The fourth-order valence-electron chi connectivity index (χ4n) is 1.04. The highest BCUT2D eigenvalue weighted by Crippen LogP contribution is 2.19. The van der Waals surface area contributed by atoms with Crippen LogP contribution in [-0.4, -0.2) is 17.9 Å². The molecule has 0 saturated carbocycles. The molecule has 0 aromatic heterocycles. The van der Waals surface area contributed by atoms with Gasteiger partial charge in [-0.1, -0.05) is 29.3 Å². The van der Waals surface area contributed by atoms with Crippen LogP contribution in [-0.2, 0) is 0 Å². The van der Waals surface area contributed by atoms with E-state index in [4.69, 9.17) is 0 Å². The highest BCUT2D eigenvalue weighted by molar-refractivity contribution is 9.10. The molecule has 14 heavy (non-hydrogen) atoms. The Hall–Kier alpha value is -0.830. The van der Waals surface area contributed by atoms with Crippen molar-refractivity contribution in [1.29, 1.82) is 0 Å². The summed E-state index contributed by atoms with van der Waals surface area (Å²) in [4.78, 5) is 4.23. The average Bonchev–Trinajstić information content (AvgIpc) is 2.18. The van der Waals surface area contributed by atoms with Crippen LogP contribution < -0.4 is 0 Å². The predicted octanol–water partition coefficient (Wildman–Crippen LogP) is 3.37. The van der Waals surface area contributed by atoms with Gasteiger partial charge in [0, 0.05) is 22.8 Å². The molecule has 1 aromatic carbocycles. The van der Waals surface area contributed by atoms with Crippen LogP contribution >= 0.6 is 15.9 Å². The number of benzene rings is 1. The van der Waals surface area contributed by atoms with Gasteiger partial charge in [0.2, 0.25) is 0 Å². The minimum Gasteiger partial charge on any atom is -0.507 e. The number of hydrogen-bond donors (Lipinski definition) is 1. The number of unbranched alkanes of at least 4 members (excludes halogenated alkanes) is 1. The minimum atomic E-state index is 0.272. The van der Waals surface area contributed by atoms with Gasteiger partial charge in [0.15, 0.2) is 0 Å². The standard InChI is InChI=1S/C11H14BrNO/c1-2-3-6-13-8-9-7-10(12)4-5-11(9)14/h4-5,7-8,14H,2-3,6H2,1H3. The quantitative estimate of drug-likeness (QED) is 0.650. The summed E-state index contributed by atoms with van der Waals surface area (Å²) in [7, 11) is 0. The maximum Gasteiger partial charge on any atom is 0.124 e. The van der Waals surface area contributed by atoms with Crippen molar-refractivity contribution in [2.24, 2.45) is 4.99 Å². The van der Waals surface area contributed by atoms with Crippen molar-refractivity contribution in [3.8, 4) is 5.75 Å². The van der Waals surface area contributed by atoms with E-state index in [0.717, 1.165) is 29.4 Å². The first-order valence-corrected chi connectivity index (χ1v) is 5.51. The Kier molecular flexibility index (Phi) is 4.66. The highest BCUT2D eigenvalue weighted by Gasteiger charge is 1.97. The molecule has 0 aliphatic carbocycles. The monoisotopic (exact) mass is 255 g/mol. The molecule has 1 N–H and O–H groups in total. The van der Waals surface area contributed by atoms with Crippen molar-refractivity contribution >= 4 is 22.1 Å². The van der Waals surface area contributed by atoms with E-state index in [1.54, 1.807) is 18.3 Å². The Balaban J connectivity index is 2.65. The van der Waals surface area contributed by atoms with Crippen LogP contribution in [0.1, 0.15) is 25.3 Å². The van der Waals surface area contributed by atoms with Crippen molar-refractivity contribution < 1.29 is 5.11 Å². The molecule has 0 saturated heterocycles. The van der Waals surface area contributed by atoms with Crippen molar-refractivity contribution in [2.75, 3.05) is 6.54 Å². The maximum absolute atomic E-state index is 9.48. The van der Waals surface area contributed by atoms with Gasteiger partial charge in [0.05, 0.1) is 0 Å². The average molecular weight is 256 g/mol. The molecule has 1 aromatic rings. The first-order chi connectivity index (χ1) is 6.74. The van der Waals surface area contributed by atoms with E-state index in [2.05, 4.69) is 27.8 Å². The van der Waals surface area contributed by atoms with Crippen LogP contribution in [0.25, 0.3) is 0 Å². The van der Waals surface area contributed by atoms with Crippen LogP contribution in [0.3, 0.4) is 0 Å². The van der Waals surface area contributed by atoms with E-state index < -0.39 is 0 Å². The number of phenols is 1. The van der Waals surface area contributed by atoms with Gasteiger partial charge < -0.3 is 5.11 Å². The summed E-state index contributed by atoms with van der Waals surface area (Å²) in [5, 5.41) is 9.48. The van der Waals surface area contributed by atoms with Crippen LogP contribution in [0.5, 0.6) is 5.75 Å². The third-order valence-corrected chi connectivity index (χ3v) is 2.35. The van der Waals surface area contributed by atoms with Gasteiger partial charge in [-0.05, 0) is 24.6 Å².